The summed E-state index contributed by atoms with van der Waals surface area (Å²) in [5, 5.41) is 7.62. The molecule has 1 saturated heterocycles. The van der Waals surface area contributed by atoms with Gasteiger partial charge in [0.05, 0.1) is 17.4 Å². The Morgan fingerprint density at radius 3 is 2.52 bits per heavy atom. The fourth-order valence-electron chi connectivity index (χ4n) is 2.58. The molecule has 0 bridgehead atoms. The lowest BCUT2D eigenvalue weighted by Gasteiger charge is -2.32. The van der Waals surface area contributed by atoms with Gasteiger partial charge in [0.1, 0.15) is 6.04 Å². The van der Waals surface area contributed by atoms with Gasteiger partial charge in [-0.05, 0) is 46.5 Å². The second-order valence-electron chi connectivity index (χ2n) is 7.22. The highest BCUT2D eigenvalue weighted by atomic mass is 16.2. The first kappa shape index (κ1) is 15.9. The van der Waals surface area contributed by atoms with Gasteiger partial charge in [-0.1, -0.05) is 6.92 Å². The molecule has 0 aliphatic carbocycles. The van der Waals surface area contributed by atoms with E-state index in [0.717, 1.165) is 37.5 Å². The molecule has 1 aromatic heterocycles. The van der Waals surface area contributed by atoms with Crippen molar-refractivity contribution < 1.29 is 4.79 Å². The van der Waals surface area contributed by atoms with Crippen LogP contribution in [0.5, 0.6) is 0 Å². The number of hydrogen-bond donors (Lipinski definition) is 1. The standard InChI is InChI=1S/C16H28N4O/c1-12-6-8-19(9-7-12)15(21)13(2)18-14-10-17-20(11-14)16(3,4)5/h10-13,18H,6-9H2,1-5H3/t13-/m0/s1. The Bertz CT molecular complexity index is 481. The first-order chi connectivity index (χ1) is 9.77. The van der Waals surface area contributed by atoms with Gasteiger partial charge in [0, 0.05) is 19.3 Å². The molecule has 5 heteroatoms. The number of nitrogens with zero attached hydrogens (tertiary/aromatic N) is 3. The second kappa shape index (κ2) is 6.08. The van der Waals surface area contributed by atoms with Crippen LogP contribution in [-0.2, 0) is 10.3 Å². The summed E-state index contributed by atoms with van der Waals surface area (Å²) >= 11 is 0. The van der Waals surface area contributed by atoms with Crippen LogP contribution in [0, 0.1) is 5.92 Å². The maximum Gasteiger partial charge on any atom is 0.244 e. The normalized spacial score (nSPS) is 18.6. The molecule has 0 unspecified atom stereocenters. The van der Waals surface area contributed by atoms with Crippen LogP contribution in [0.4, 0.5) is 5.69 Å². The number of carbonyl (C=O) groups is 1. The molecule has 5 nitrogen and oxygen atoms in total. The molecule has 2 heterocycles. The zero-order valence-electron chi connectivity index (χ0n) is 13.9. The van der Waals surface area contributed by atoms with Crippen LogP contribution in [0.1, 0.15) is 47.5 Å². The van der Waals surface area contributed by atoms with Crippen LogP contribution < -0.4 is 5.32 Å². The lowest BCUT2D eigenvalue weighted by Crippen LogP contribution is -2.45. The molecular weight excluding hydrogens is 264 g/mol. The molecule has 21 heavy (non-hydrogen) atoms. The third-order valence-electron chi connectivity index (χ3n) is 4.12. The Kier molecular flexibility index (Phi) is 4.59. The minimum absolute atomic E-state index is 0.0455. The molecule has 0 aromatic carbocycles. The maximum atomic E-state index is 12.4. The molecule has 118 valence electrons. The summed E-state index contributed by atoms with van der Waals surface area (Å²) in [5.41, 5.74) is 0.854. The van der Waals surface area contributed by atoms with Gasteiger partial charge in [-0.15, -0.1) is 0 Å². The van der Waals surface area contributed by atoms with Gasteiger partial charge in [-0.2, -0.15) is 5.10 Å². The number of aromatic nitrogens is 2. The third-order valence-corrected chi connectivity index (χ3v) is 4.12. The van der Waals surface area contributed by atoms with Crippen molar-refractivity contribution in [1.29, 1.82) is 0 Å². The summed E-state index contributed by atoms with van der Waals surface area (Å²) in [4.78, 5) is 14.4. The van der Waals surface area contributed by atoms with Crippen molar-refractivity contribution in [3.05, 3.63) is 12.4 Å². The van der Waals surface area contributed by atoms with Crippen LogP contribution in [0.2, 0.25) is 0 Å². The van der Waals surface area contributed by atoms with Crippen LogP contribution in [-0.4, -0.2) is 39.7 Å². The van der Waals surface area contributed by atoms with Crippen LogP contribution in [0.3, 0.4) is 0 Å². The molecule has 1 aromatic rings. The number of anilines is 1. The van der Waals surface area contributed by atoms with E-state index in [1.807, 2.05) is 22.7 Å². The fourth-order valence-corrected chi connectivity index (χ4v) is 2.58. The van der Waals surface area contributed by atoms with E-state index in [4.69, 9.17) is 0 Å². The van der Waals surface area contributed by atoms with Crippen LogP contribution in [0.25, 0.3) is 0 Å². The summed E-state index contributed by atoms with van der Waals surface area (Å²) in [5.74, 6) is 0.924. The summed E-state index contributed by atoms with van der Waals surface area (Å²) in [6, 6.07) is -0.212. The smallest absolute Gasteiger partial charge is 0.244 e. The predicted octanol–water partition coefficient (Wildman–Crippen LogP) is 2.70. The summed E-state index contributed by atoms with van der Waals surface area (Å²) < 4.78 is 1.91. The molecule has 1 fully saturated rings. The number of hydrogen-bond acceptors (Lipinski definition) is 3. The first-order valence-corrected chi connectivity index (χ1v) is 7.88. The highest BCUT2D eigenvalue weighted by molar-refractivity contribution is 5.84. The molecule has 0 spiro atoms. The predicted molar refractivity (Wildman–Crippen MR) is 85.3 cm³/mol. The summed E-state index contributed by atoms with van der Waals surface area (Å²) in [6.07, 6.45) is 5.97. The van der Waals surface area contributed by atoms with Gasteiger partial charge in [0.2, 0.25) is 5.91 Å². The van der Waals surface area contributed by atoms with Crippen LogP contribution >= 0.6 is 0 Å². The lowest BCUT2D eigenvalue weighted by atomic mass is 9.99. The van der Waals surface area contributed by atoms with E-state index >= 15 is 0 Å². The first-order valence-electron chi connectivity index (χ1n) is 7.88. The van der Waals surface area contributed by atoms with E-state index in [-0.39, 0.29) is 17.5 Å². The highest BCUT2D eigenvalue weighted by Gasteiger charge is 2.24. The minimum Gasteiger partial charge on any atom is -0.371 e. The zero-order valence-corrected chi connectivity index (χ0v) is 13.9. The molecule has 1 aliphatic heterocycles. The topological polar surface area (TPSA) is 50.2 Å². The molecule has 1 N–H and O–H groups in total. The van der Waals surface area contributed by atoms with Crippen molar-refractivity contribution in [3.63, 3.8) is 0 Å². The Hall–Kier alpha value is -1.52. The van der Waals surface area contributed by atoms with Crippen LogP contribution in [0.15, 0.2) is 12.4 Å². The van der Waals surface area contributed by atoms with E-state index in [0.29, 0.717) is 0 Å². The fraction of sp³-hybridized carbons (Fsp3) is 0.750. The molecule has 1 atom stereocenters. The van der Waals surface area contributed by atoms with Gasteiger partial charge < -0.3 is 10.2 Å². The molecule has 1 aliphatic rings. The Labute approximate surface area is 127 Å². The number of likely N-dealkylation sites (tertiary alicyclic amines) is 1. The highest BCUT2D eigenvalue weighted by Crippen LogP contribution is 2.19. The van der Waals surface area contributed by atoms with Crippen molar-refractivity contribution in [1.82, 2.24) is 14.7 Å². The quantitative estimate of drug-likeness (QED) is 0.932. The average Bonchev–Trinajstić information content (AvgIpc) is 2.87. The molecule has 1 amide bonds. The van der Waals surface area contributed by atoms with E-state index in [1.54, 1.807) is 6.20 Å². The van der Waals surface area contributed by atoms with Crippen molar-refractivity contribution in [2.24, 2.45) is 5.92 Å². The number of rotatable bonds is 3. The second-order valence-corrected chi connectivity index (χ2v) is 7.22. The van der Waals surface area contributed by atoms with Gasteiger partial charge in [-0.25, -0.2) is 0 Å². The molecule has 0 radical (unpaired) electrons. The summed E-state index contributed by atoms with van der Waals surface area (Å²) in [6.45, 7) is 12.3. The number of amides is 1. The van der Waals surface area contributed by atoms with Gasteiger partial charge >= 0.3 is 0 Å². The number of piperidine rings is 1. The minimum atomic E-state index is -0.212. The van der Waals surface area contributed by atoms with E-state index in [9.17, 15) is 4.79 Å². The monoisotopic (exact) mass is 292 g/mol. The lowest BCUT2D eigenvalue weighted by molar-refractivity contribution is -0.132. The molecular formula is C16H28N4O. The van der Waals surface area contributed by atoms with E-state index in [1.165, 1.54) is 0 Å². The molecule has 2 rings (SSSR count). The summed E-state index contributed by atoms with van der Waals surface area (Å²) in [7, 11) is 0. The van der Waals surface area contributed by atoms with Gasteiger partial charge in [-0.3, -0.25) is 9.48 Å². The SMILES string of the molecule is CC1CCN(C(=O)[C@H](C)Nc2cnn(C(C)(C)C)c2)CC1. The molecule has 0 saturated carbocycles. The number of carbonyl (C=O) groups excluding carboxylic acids is 1. The maximum absolute atomic E-state index is 12.4. The van der Waals surface area contributed by atoms with E-state index in [2.05, 4.69) is 38.1 Å². The van der Waals surface area contributed by atoms with Gasteiger partial charge in [0.25, 0.3) is 0 Å². The largest absolute Gasteiger partial charge is 0.371 e. The van der Waals surface area contributed by atoms with E-state index < -0.39 is 0 Å². The Morgan fingerprint density at radius 2 is 2.00 bits per heavy atom. The van der Waals surface area contributed by atoms with Crippen molar-refractivity contribution in [2.45, 2.75) is 59.0 Å². The van der Waals surface area contributed by atoms with Crippen molar-refractivity contribution in [2.75, 3.05) is 18.4 Å². The number of nitrogens with one attached hydrogen (secondary N) is 1. The Morgan fingerprint density at radius 1 is 1.38 bits per heavy atom. The van der Waals surface area contributed by atoms with Crippen molar-refractivity contribution in [3.8, 4) is 0 Å². The van der Waals surface area contributed by atoms with Gasteiger partial charge in [0.15, 0.2) is 0 Å². The average molecular weight is 292 g/mol. The Balaban J connectivity index is 1.93. The zero-order chi connectivity index (χ0) is 15.6. The third kappa shape index (κ3) is 3.99. The van der Waals surface area contributed by atoms with Crippen molar-refractivity contribution >= 4 is 11.6 Å².